The van der Waals surface area contributed by atoms with Gasteiger partial charge in [0.15, 0.2) is 0 Å². The molecule has 0 aliphatic carbocycles. The van der Waals surface area contributed by atoms with Gasteiger partial charge in [0.2, 0.25) is 0 Å². The molecular formula is C21H25N3. The Labute approximate surface area is 144 Å². The Morgan fingerprint density at radius 3 is 2.42 bits per heavy atom. The summed E-state index contributed by atoms with van der Waals surface area (Å²) >= 11 is 0. The minimum absolute atomic E-state index is 0.327. The summed E-state index contributed by atoms with van der Waals surface area (Å²) in [5, 5.41) is 4.62. The van der Waals surface area contributed by atoms with Crippen LogP contribution in [0.4, 0.5) is 5.82 Å². The predicted octanol–water partition coefficient (Wildman–Crippen LogP) is 5.19. The van der Waals surface area contributed by atoms with Gasteiger partial charge in [-0.15, -0.1) is 0 Å². The Bertz CT molecular complexity index is 781. The Kier molecular flexibility index (Phi) is 5.42. The van der Waals surface area contributed by atoms with Gasteiger partial charge in [-0.1, -0.05) is 56.3 Å². The van der Waals surface area contributed by atoms with Crippen LogP contribution in [0.3, 0.4) is 0 Å². The second-order valence-corrected chi connectivity index (χ2v) is 6.47. The summed E-state index contributed by atoms with van der Waals surface area (Å²) in [5.41, 5.74) is 2.43. The minimum Gasteiger partial charge on any atom is -0.369 e. The van der Waals surface area contributed by atoms with E-state index in [0.717, 1.165) is 41.9 Å². The molecule has 0 fully saturated rings. The van der Waals surface area contributed by atoms with E-state index in [2.05, 4.69) is 66.6 Å². The Balaban J connectivity index is 1.62. The first kappa shape index (κ1) is 16.4. The molecule has 3 rings (SSSR count). The van der Waals surface area contributed by atoms with Crippen LogP contribution in [-0.2, 0) is 6.42 Å². The lowest BCUT2D eigenvalue weighted by Crippen LogP contribution is -2.08. The number of aromatic nitrogens is 2. The number of unbranched alkanes of at least 4 members (excludes halogenated alkanes) is 1. The van der Waals surface area contributed by atoms with Crippen molar-refractivity contribution in [1.82, 2.24) is 9.97 Å². The largest absolute Gasteiger partial charge is 0.369 e. The fourth-order valence-electron chi connectivity index (χ4n) is 2.79. The van der Waals surface area contributed by atoms with Crippen LogP contribution in [-0.4, -0.2) is 16.5 Å². The fourth-order valence-corrected chi connectivity index (χ4v) is 2.79. The number of nitrogens with one attached hydrogen (secondary N) is 1. The molecule has 0 saturated carbocycles. The van der Waals surface area contributed by atoms with Crippen molar-refractivity contribution in [1.29, 1.82) is 0 Å². The van der Waals surface area contributed by atoms with Crippen molar-refractivity contribution in [3.8, 4) is 0 Å². The minimum atomic E-state index is 0.327. The monoisotopic (exact) mass is 319 g/mol. The standard InChI is InChI=1S/C21H25N3/c1-16(2)20-23-19-14-7-6-13-18(19)21(24-20)22-15-9-8-12-17-10-4-3-5-11-17/h3-7,10-11,13-14,16H,8-9,12,15H2,1-2H3,(H,22,23,24). The molecule has 0 aliphatic heterocycles. The number of fused-ring (bicyclic) bond motifs is 1. The van der Waals surface area contributed by atoms with Gasteiger partial charge in [-0.25, -0.2) is 9.97 Å². The van der Waals surface area contributed by atoms with E-state index in [4.69, 9.17) is 4.98 Å². The Morgan fingerprint density at radius 1 is 0.875 bits per heavy atom. The average Bonchev–Trinajstić information content (AvgIpc) is 2.62. The number of hydrogen-bond acceptors (Lipinski definition) is 3. The highest BCUT2D eigenvalue weighted by molar-refractivity contribution is 5.89. The Hall–Kier alpha value is -2.42. The van der Waals surface area contributed by atoms with Crippen LogP contribution in [0.25, 0.3) is 10.9 Å². The molecule has 124 valence electrons. The highest BCUT2D eigenvalue weighted by atomic mass is 15.0. The summed E-state index contributed by atoms with van der Waals surface area (Å²) in [5.74, 6) is 2.19. The number of para-hydroxylation sites is 1. The fraction of sp³-hybridized carbons (Fsp3) is 0.333. The molecule has 0 saturated heterocycles. The first-order valence-corrected chi connectivity index (χ1v) is 8.78. The molecule has 1 aromatic heterocycles. The zero-order valence-electron chi connectivity index (χ0n) is 14.5. The molecule has 3 nitrogen and oxygen atoms in total. The van der Waals surface area contributed by atoms with Gasteiger partial charge in [0.25, 0.3) is 0 Å². The van der Waals surface area contributed by atoms with Crippen molar-refractivity contribution in [2.24, 2.45) is 0 Å². The van der Waals surface area contributed by atoms with Gasteiger partial charge in [0.1, 0.15) is 11.6 Å². The molecule has 0 spiro atoms. The van der Waals surface area contributed by atoms with E-state index in [1.54, 1.807) is 0 Å². The number of benzene rings is 2. The third-order valence-electron chi connectivity index (χ3n) is 4.16. The molecule has 0 bridgehead atoms. The van der Waals surface area contributed by atoms with Gasteiger partial charge < -0.3 is 5.32 Å². The van der Waals surface area contributed by atoms with Crippen molar-refractivity contribution < 1.29 is 0 Å². The van der Waals surface area contributed by atoms with Crippen LogP contribution in [0.5, 0.6) is 0 Å². The molecule has 3 heteroatoms. The van der Waals surface area contributed by atoms with Crippen molar-refractivity contribution in [2.45, 2.75) is 39.0 Å². The average molecular weight is 319 g/mol. The van der Waals surface area contributed by atoms with E-state index in [1.807, 2.05) is 12.1 Å². The maximum absolute atomic E-state index is 4.73. The zero-order chi connectivity index (χ0) is 16.8. The quantitative estimate of drug-likeness (QED) is 0.609. The maximum atomic E-state index is 4.73. The summed E-state index contributed by atoms with van der Waals surface area (Å²) in [7, 11) is 0. The van der Waals surface area contributed by atoms with Crippen molar-refractivity contribution >= 4 is 16.7 Å². The molecule has 0 radical (unpaired) electrons. The van der Waals surface area contributed by atoms with Crippen molar-refractivity contribution in [2.75, 3.05) is 11.9 Å². The predicted molar refractivity (Wildman–Crippen MR) is 101 cm³/mol. The van der Waals surface area contributed by atoms with E-state index < -0.39 is 0 Å². The Morgan fingerprint density at radius 2 is 1.62 bits per heavy atom. The van der Waals surface area contributed by atoms with Crippen molar-refractivity contribution in [3.05, 3.63) is 66.0 Å². The van der Waals surface area contributed by atoms with Gasteiger partial charge in [0, 0.05) is 17.8 Å². The maximum Gasteiger partial charge on any atom is 0.137 e. The number of nitrogens with zero attached hydrogens (tertiary/aromatic N) is 2. The molecule has 2 aromatic carbocycles. The van der Waals surface area contributed by atoms with Crippen LogP contribution in [0.15, 0.2) is 54.6 Å². The van der Waals surface area contributed by atoms with Crippen LogP contribution >= 0.6 is 0 Å². The summed E-state index contributed by atoms with van der Waals surface area (Å²) in [6, 6.07) is 18.9. The summed E-state index contributed by atoms with van der Waals surface area (Å²) in [4.78, 5) is 9.40. The summed E-state index contributed by atoms with van der Waals surface area (Å²) < 4.78 is 0. The highest BCUT2D eigenvalue weighted by Crippen LogP contribution is 2.22. The van der Waals surface area contributed by atoms with Crippen LogP contribution in [0, 0.1) is 0 Å². The van der Waals surface area contributed by atoms with E-state index in [0.29, 0.717) is 5.92 Å². The third-order valence-corrected chi connectivity index (χ3v) is 4.16. The third kappa shape index (κ3) is 4.10. The SMILES string of the molecule is CC(C)c1nc(NCCCCc2ccccc2)c2ccccc2n1. The van der Waals surface area contributed by atoms with E-state index in [9.17, 15) is 0 Å². The molecule has 1 heterocycles. The van der Waals surface area contributed by atoms with Gasteiger partial charge in [-0.3, -0.25) is 0 Å². The van der Waals surface area contributed by atoms with Crippen molar-refractivity contribution in [3.63, 3.8) is 0 Å². The summed E-state index contributed by atoms with van der Waals surface area (Å²) in [6.07, 6.45) is 3.44. The lowest BCUT2D eigenvalue weighted by molar-refractivity contribution is 0.755. The molecule has 1 N–H and O–H groups in total. The lowest BCUT2D eigenvalue weighted by Gasteiger charge is -2.12. The zero-order valence-corrected chi connectivity index (χ0v) is 14.5. The van der Waals surface area contributed by atoms with Gasteiger partial charge in [-0.05, 0) is 37.0 Å². The van der Waals surface area contributed by atoms with E-state index in [1.165, 1.54) is 12.0 Å². The van der Waals surface area contributed by atoms with Gasteiger partial charge >= 0.3 is 0 Å². The molecular weight excluding hydrogens is 294 g/mol. The van der Waals surface area contributed by atoms with Crippen LogP contribution < -0.4 is 5.32 Å². The van der Waals surface area contributed by atoms with Gasteiger partial charge in [0.05, 0.1) is 5.52 Å². The molecule has 0 amide bonds. The molecule has 3 aromatic rings. The number of aryl methyl sites for hydroxylation is 1. The normalized spacial score (nSPS) is 11.1. The molecule has 0 unspecified atom stereocenters. The first-order valence-electron chi connectivity index (χ1n) is 8.78. The number of rotatable bonds is 7. The van der Waals surface area contributed by atoms with E-state index in [-0.39, 0.29) is 0 Å². The highest BCUT2D eigenvalue weighted by Gasteiger charge is 2.09. The summed E-state index contributed by atoms with van der Waals surface area (Å²) in [6.45, 7) is 5.20. The van der Waals surface area contributed by atoms with Crippen LogP contribution in [0.2, 0.25) is 0 Å². The topological polar surface area (TPSA) is 37.8 Å². The number of anilines is 1. The van der Waals surface area contributed by atoms with Gasteiger partial charge in [-0.2, -0.15) is 0 Å². The molecule has 24 heavy (non-hydrogen) atoms. The lowest BCUT2D eigenvalue weighted by atomic mass is 10.1. The first-order chi connectivity index (χ1) is 11.7. The second-order valence-electron chi connectivity index (χ2n) is 6.47. The van der Waals surface area contributed by atoms with Crippen LogP contribution in [0.1, 0.15) is 44.0 Å². The van der Waals surface area contributed by atoms with E-state index >= 15 is 0 Å². The second kappa shape index (κ2) is 7.91. The molecule has 0 atom stereocenters. The number of hydrogen-bond donors (Lipinski definition) is 1. The smallest absolute Gasteiger partial charge is 0.137 e. The molecule has 0 aliphatic rings.